The van der Waals surface area contributed by atoms with Crippen LogP contribution in [0.15, 0.2) is 12.2 Å². The molecule has 9 atom stereocenters. The van der Waals surface area contributed by atoms with Crippen LogP contribution in [0, 0.1) is 0 Å². The number of ether oxygens (including phenoxy) is 2. The number of hydrogen-bond acceptors (Lipinski definition) is 10. The van der Waals surface area contributed by atoms with E-state index in [4.69, 9.17) is 9.47 Å². The normalized spacial score (nSPS) is 19.9. The van der Waals surface area contributed by atoms with Crippen molar-refractivity contribution in [3.05, 3.63) is 12.2 Å². The molecule has 73 heavy (non-hydrogen) atoms. The van der Waals surface area contributed by atoms with Crippen molar-refractivity contribution in [1.29, 1.82) is 0 Å². The van der Waals surface area contributed by atoms with Crippen molar-refractivity contribution in [3.8, 4) is 0 Å². The monoisotopic (exact) mass is 1040 g/mol. The molecule has 0 aromatic rings. The van der Waals surface area contributed by atoms with Crippen molar-refractivity contribution in [1.82, 2.24) is 5.32 Å². The Labute approximate surface area is 449 Å². The molecule has 0 bridgehead atoms. The second-order valence-electron chi connectivity index (χ2n) is 22.5. The lowest BCUT2D eigenvalue weighted by Gasteiger charge is -2.40. The summed E-state index contributed by atoms with van der Waals surface area (Å²) in [4.78, 5) is 13.2. The summed E-state index contributed by atoms with van der Waals surface area (Å²) in [7, 11) is 0. The first-order valence-corrected chi connectivity index (χ1v) is 31.6. The fourth-order valence-corrected chi connectivity index (χ4v) is 10.4. The largest absolute Gasteiger partial charge is 0.394 e. The van der Waals surface area contributed by atoms with Gasteiger partial charge in [0.1, 0.15) is 36.6 Å². The van der Waals surface area contributed by atoms with Crippen molar-refractivity contribution < 1.29 is 50.0 Å². The summed E-state index contributed by atoms with van der Waals surface area (Å²) in [6.07, 6.45) is 50.0. The molecule has 8 N–H and O–H groups in total. The third kappa shape index (κ3) is 39.8. The Morgan fingerprint density at radius 2 is 0.808 bits per heavy atom. The number of rotatable bonds is 55. The van der Waals surface area contributed by atoms with Gasteiger partial charge >= 0.3 is 0 Å². The molecule has 0 aromatic carbocycles. The standard InChI is InChI=1S/C62H121NO10/c1-3-5-7-9-11-13-15-17-19-21-22-23-24-25-26-27-28-29-30-31-32-33-34-36-37-39-41-43-45-47-49-54(65)57(67)53(52-72-62-60(70)59(69)58(68)56(51-64)73-62)63-61(71)55(66)50-48-46-44-42-40-38-35-20-18-16-14-12-10-8-6-4-2/h41,43,53-60,62,64-70H,3-40,42,44-52H2,1-2H3,(H,63,71)/b43-41+. The van der Waals surface area contributed by atoms with Crippen LogP contribution in [0.4, 0.5) is 0 Å². The van der Waals surface area contributed by atoms with E-state index in [0.717, 1.165) is 38.5 Å². The smallest absolute Gasteiger partial charge is 0.249 e. The molecule has 0 saturated carbocycles. The number of aliphatic hydroxyl groups excluding tert-OH is 7. The Kier molecular flexibility index (Phi) is 49.4. The zero-order valence-electron chi connectivity index (χ0n) is 47.6. The number of amides is 1. The van der Waals surface area contributed by atoms with Crippen LogP contribution >= 0.6 is 0 Å². The van der Waals surface area contributed by atoms with E-state index >= 15 is 0 Å². The van der Waals surface area contributed by atoms with Crippen molar-refractivity contribution in [2.75, 3.05) is 13.2 Å². The quantitative estimate of drug-likeness (QED) is 0.0215. The van der Waals surface area contributed by atoms with E-state index in [2.05, 4.69) is 31.3 Å². The molecule has 1 rings (SSSR count). The number of carbonyl (C=O) groups is 1. The Morgan fingerprint density at radius 1 is 0.466 bits per heavy atom. The Hall–Kier alpha value is -1.15. The molecule has 11 heteroatoms. The Balaban J connectivity index is 2.23. The molecule has 9 unspecified atom stereocenters. The van der Waals surface area contributed by atoms with Gasteiger partial charge in [0.2, 0.25) is 5.91 Å². The third-order valence-electron chi connectivity index (χ3n) is 15.6. The summed E-state index contributed by atoms with van der Waals surface area (Å²) < 4.78 is 11.1. The highest BCUT2D eigenvalue weighted by Gasteiger charge is 2.44. The minimum Gasteiger partial charge on any atom is -0.394 e. The van der Waals surface area contributed by atoms with Crippen LogP contribution in [-0.2, 0) is 14.3 Å². The van der Waals surface area contributed by atoms with Gasteiger partial charge in [0.15, 0.2) is 6.29 Å². The molecule has 0 aromatic heterocycles. The van der Waals surface area contributed by atoms with Gasteiger partial charge in [0.05, 0.1) is 25.4 Å². The summed E-state index contributed by atoms with van der Waals surface area (Å²) in [5.41, 5.74) is 0. The molecule has 11 nitrogen and oxygen atoms in total. The first-order valence-electron chi connectivity index (χ1n) is 31.6. The number of allylic oxidation sites excluding steroid dienone is 2. The number of aliphatic hydroxyl groups is 7. The van der Waals surface area contributed by atoms with Crippen molar-refractivity contribution in [2.24, 2.45) is 0 Å². The minimum absolute atomic E-state index is 0.259. The van der Waals surface area contributed by atoms with Gasteiger partial charge in [0, 0.05) is 0 Å². The highest BCUT2D eigenvalue weighted by molar-refractivity contribution is 5.80. The van der Waals surface area contributed by atoms with E-state index < -0.39 is 74.2 Å². The molecule has 0 aliphatic carbocycles. The summed E-state index contributed by atoms with van der Waals surface area (Å²) in [5.74, 6) is -0.701. The number of carbonyl (C=O) groups excluding carboxylic acids is 1. The van der Waals surface area contributed by atoms with E-state index in [-0.39, 0.29) is 12.8 Å². The van der Waals surface area contributed by atoms with Gasteiger partial charge in [-0.3, -0.25) is 4.79 Å². The highest BCUT2D eigenvalue weighted by atomic mass is 16.7. The Morgan fingerprint density at radius 3 is 1.18 bits per heavy atom. The van der Waals surface area contributed by atoms with Gasteiger partial charge < -0.3 is 50.5 Å². The number of unbranched alkanes of at least 4 members (excludes halogenated alkanes) is 41. The van der Waals surface area contributed by atoms with Crippen LogP contribution in [0.25, 0.3) is 0 Å². The van der Waals surface area contributed by atoms with Crippen LogP contribution in [0.1, 0.15) is 309 Å². The van der Waals surface area contributed by atoms with Crippen LogP contribution in [-0.4, -0.2) is 110 Å². The van der Waals surface area contributed by atoms with Gasteiger partial charge in [-0.2, -0.15) is 0 Å². The molecule has 1 fully saturated rings. The van der Waals surface area contributed by atoms with Gasteiger partial charge in [0.25, 0.3) is 0 Å². The van der Waals surface area contributed by atoms with Gasteiger partial charge in [-0.05, 0) is 38.5 Å². The lowest BCUT2D eigenvalue weighted by molar-refractivity contribution is -0.303. The summed E-state index contributed by atoms with van der Waals surface area (Å²) in [6, 6.07) is -1.18. The van der Waals surface area contributed by atoms with Gasteiger partial charge in [-0.1, -0.05) is 283 Å². The van der Waals surface area contributed by atoms with Gasteiger partial charge in [-0.25, -0.2) is 0 Å². The molecule has 0 spiro atoms. The fourth-order valence-electron chi connectivity index (χ4n) is 10.4. The topological polar surface area (TPSA) is 189 Å². The zero-order chi connectivity index (χ0) is 53.3. The van der Waals surface area contributed by atoms with Crippen LogP contribution in [0.3, 0.4) is 0 Å². The van der Waals surface area contributed by atoms with Crippen molar-refractivity contribution in [3.63, 3.8) is 0 Å². The van der Waals surface area contributed by atoms with E-state index in [9.17, 15) is 40.5 Å². The van der Waals surface area contributed by atoms with Crippen LogP contribution < -0.4 is 5.32 Å². The molecule has 1 heterocycles. The Bertz CT molecular complexity index is 1190. The highest BCUT2D eigenvalue weighted by Crippen LogP contribution is 2.24. The maximum atomic E-state index is 13.2. The maximum Gasteiger partial charge on any atom is 0.249 e. The van der Waals surface area contributed by atoms with Crippen LogP contribution in [0.2, 0.25) is 0 Å². The van der Waals surface area contributed by atoms with Crippen molar-refractivity contribution in [2.45, 2.75) is 364 Å². The summed E-state index contributed by atoms with van der Waals surface area (Å²) >= 11 is 0. The van der Waals surface area contributed by atoms with E-state index in [1.807, 2.05) is 0 Å². The predicted octanol–water partition coefficient (Wildman–Crippen LogP) is 13.9. The molecule has 1 aliphatic heterocycles. The van der Waals surface area contributed by atoms with Crippen molar-refractivity contribution >= 4 is 5.91 Å². The molecule has 0 radical (unpaired) electrons. The fraction of sp³-hybridized carbons (Fsp3) is 0.952. The second-order valence-corrected chi connectivity index (χ2v) is 22.5. The maximum absolute atomic E-state index is 13.2. The third-order valence-corrected chi connectivity index (χ3v) is 15.6. The average Bonchev–Trinajstić information content (AvgIpc) is 3.39. The minimum atomic E-state index is -1.67. The van der Waals surface area contributed by atoms with Gasteiger partial charge in [-0.15, -0.1) is 0 Å². The lowest BCUT2D eigenvalue weighted by Crippen LogP contribution is -2.60. The summed E-state index contributed by atoms with van der Waals surface area (Å²) in [6.45, 7) is 3.48. The molecular formula is C62H121NO10. The zero-order valence-corrected chi connectivity index (χ0v) is 47.6. The summed E-state index contributed by atoms with van der Waals surface area (Å²) in [5, 5.41) is 76.2. The first-order chi connectivity index (χ1) is 35.7. The SMILES string of the molecule is CCCCCCCCCCCCCCCCCCCCCCCCCCC/C=C/CCCC(O)C(O)C(COC1OC(CO)C(O)C(O)C1O)NC(=O)C(O)CCCCCCCCCCCCCCCCCC. The molecular weight excluding hydrogens is 919 g/mol. The number of nitrogens with one attached hydrogen (secondary N) is 1. The molecule has 1 aliphatic rings. The molecule has 1 saturated heterocycles. The van der Waals surface area contributed by atoms with E-state index in [1.165, 1.54) is 231 Å². The predicted molar refractivity (Wildman–Crippen MR) is 303 cm³/mol. The average molecular weight is 1040 g/mol. The molecule has 1 amide bonds. The molecule has 434 valence electrons. The second kappa shape index (κ2) is 51.6. The first kappa shape index (κ1) is 69.9. The number of hydrogen-bond donors (Lipinski definition) is 8. The van der Waals surface area contributed by atoms with E-state index in [1.54, 1.807) is 0 Å². The lowest BCUT2D eigenvalue weighted by atomic mass is 9.98. The van der Waals surface area contributed by atoms with E-state index in [0.29, 0.717) is 12.8 Å². The van der Waals surface area contributed by atoms with Crippen LogP contribution in [0.5, 0.6) is 0 Å².